The van der Waals surface area contributed by atoms with Crippen molar-refractivity contribution in [2.24, 2.45) is 0 Å². The first kappa shape index (κ1) is 26.5. The monoisotopic (exact) mass is 560 g/mol. The van der Waals surface area contributed by atoms with E-state index in [4.69, 9.17) is 39.5 Å². The summed E-state index contributed by atoms with van der Waals surface area (Å²) < 4.78 is 63.0. The Bertz CT molecular complexity index is 1350. The van der Waals surface area contributed by atoms with E-state index in [1.807, 2.05) is 0 Å². The summed E-state index contributed by atoms with van der Waals surface area (Å²) in [4.78, 5) is 0. The van der Waals surface area contributed by atoms with Crippen LogP contribution < -0.4 is 4.74 Å². The number of benzene rings is 3. The number of alkyl halides is 6. The van der Waals surface area contributed by atoms with E-state index in [-0.39, 0.29) is 23.4 Å². The largest absolute Gasteiger partial charge is 0.489 e. The minimum absolute atomic E-state index is 0.0527. The molecule has 0 radical (unpaired) electrons. The van der Waals surface area contributed by atoms with Crippen LogP contribution in [0, 0.1) is 5.82 Å². The van der Waals surface area contributed by atoms with Gasteiger partial charge in [0.05, 0.1) is 29.2 Å². The van der Waals surface area contributed by atoms with E-state index in [9.17, 15) is 22.7 Å². The molecule has 0 aliphatic rings. The zero-order valence-electron chi connectivity index (χ0n) is 18.5. The van der Waals surface area contributed by atoms with Gasteiger partial charge in [0.2, 0.25) is 5.60 Å². The van der Waals surface area contributed by atoms with Crippen LogP contribution in [0.3, 0.4) is 0 Å². The van der Waals surface area contributed by atoms with Crippen LogP contribution in [0.5, 0.6) is 5.75 Å². The fraction of sp³-hybridized carbons (Fsp3) is 0.240. The topological polar surface area (TPSA) is 47.3 Å². The van der Waals surface area contributed by atoms with Crippen molar-refractivity contribution in [1.82, 2.24) is 9.78 Å². The van der Waals surface area contributed by atoms with Gasteiger partial charge in [-0.3, -0.25) is 0 Å². The summed E-state index contributed by atoms with van der Waals surface area (Å²) in [6.07, 6.45) is -3.71. The molecule has 4 aromatic rings. The lowest BCUT2D eigenvalue weighted by molar-refractivity contribution is -0.275. The Morgan fingerprint density at radius 2 is 1.53 bits per heavy atom. The molecule has 0 aliphatic carbocycles. The number of hydrogen-bond acceptors (Lipinski definition) is 3. The van der Waals surface area contributed by atoms with Crippen molar-refractivity contribution in [3.63, 3.8) is 0 Å². The Labute approximate surface area is 219 Å². The highest BCUT2D eigenvalue weighted by atomic mass is 35.5. The van der Waals surface area contributed by atoms with Gasteiger partial charge in [-0.25, -0.2) is 9.07 Å². The van der Waals surface area contributed by atoms with E-state index in [0.29, 0.717) is 33.3 Å². The molecule has 0 aliphatic heterocycles. The van der Waals surface area contributed by atoms with E-state index >= 15 is 0 Å². The highest BCUT2D eigenvalue weighted by Crippen LogP contribution is 2.41. The Kier molecular flexibility index (Phi) is 7.71. The number of fused-ring (bicyclic) bond motifs is 1. The molecule has 3 aromatic carbocycles. The molecule has 0 fully saturated rings. The fourth-order valence-corrected chi connectivity index (χ4v) is 4.42. The summed E-state index contributed by atoms with van der Waals surface area (Å²) in [5, 5.41) is 15.5. The molecule has 4 nitrogen and oxygen atoms in total. The molecule has 1 unspecified atom stereocenters. The minimum Gasteiger partial charge on any atom is -0.489 e. The van der Waals surface area contributed by atoms with E-state index in [1.54, 1.807) is 12.1 Å². The quantitative estimate of drug-likeness (QED) is 0.183. The van der Waals surface area contributed by atoms with Gasteiger partial charge in [-0.05, 0) is 59.7 Å². The predicted molar refractivity (Wildman–Crippen MR) is 132 cm³/mol. The van der Waals surface area contributed by atoms with Crippen LogP contribution in [0.4, 0.5) is 17.6 Å². The van der Waals surface area contributed by atoms with Crippen LogP contribution in [-0.4, -0.2) is 27.7 Å². The van der Waals surface area contributed by atoms with Gasteiger partial charge < -0.3 is 9.84 Å². The molecule has 0 saturated heterocycles. The van der Waals surface area contributed by atoms with Crippen molar-refractivity contribution in [1.29, 1.82) is 0 Å². The van der Waals surface area contributed by atoms with Crippen molar-refractivity contribution < 1.29 is 27.4 Å². The maximum Gasteiger partial charge on any atom is 0.424 e. The standard InChI is InChI=1S/C25H19Cl3F4N2O2/c26-10-15-7-16(11-27)23(17(8-15)12-28)36-14-24(35,25(30,31)32)19-1-6-22-18(9-19)13-33-34(22)21-4-2-20(29)3-5-21/h1-9,13,35H,10-12,14H2. The van der Waals surface area contributed by atoms with Gasteiger partial charge in [-0.15, -0.1) is 34.8 Å². The number of aliphatic hydroxyl groups is 1. The summed E-state index contributed by atoms with van der Waals surface area (Å²) in [7, 11) is 0. The van der Waals surface area contributed by atoms with Gasteiger partial charge in [-0.1, -0.05) is 6.07 Å². The van der Waals surface area contributed by atoms with E-state index in [1.165, 1.54) is 47.3 Å². The maximum atomic E-state index is 14.2. The normalized spacial score (nSPS) is 13.7. The molecule has 0 amide bonds. The second kappa shape index (κ2) is 10.5. The van der Waals surface area contributed by atoms with Crippen LogP contribution in [0.1, 0.15) is 22.3 Å². The number of nitrogens with zero attached hydrogens (tertiary/aromatic N) is 2. The zero-order valence-corrected chi connectivity index (χ0v) is 20.8. The second-order valence-electron chi connectivity index (χ2n) is 8.10. The highest BCUT2D eigenvalue weighted by Gasteiger charge is 2.56. The summed E-state index contributed by atoms with van der Waals surface area (Å²) >= 11 is 17.9. The molecule has 1 atom stereocenters. The zero-order chi connectivity index (χ0) is 26.1. The third kappa shape index (κ3) is 5.00. The molecule has 1 heterocycles. The molecule has 0 saturated carbocycles. The SMILES string of the molecule is OC(COc1c(CCl)cc(CCl)cc1CCl)(c1ccc2c(cnn2-c2ccc(F)cc2)c1)C(F)(F)F. The second-order valence-corrected chi connectivity index (χ2v) is 8.90. The Morgan fingerprint density at radius 1 is 0.889 bits per heavy atom. The third-order valence-corrected chi connectivity index (χ3v) is 6.64. The van der Waals surface area contributed by atoms with Crippen LogP contribution in [0.15, 0.2) is 60.8 Å². The van der Waals surface area contributed by atoms with Crippen molar-refractivity contribution in [2.75, 3.05) is 6.61 Å². The van der Waals surface area contributed by atoms with Crippen molar-refractivity contribution in [2.45, 2.75) is 29.4 Å². The molecule has 1 N–H and O–H groups in total. The van der Waals surface area contributed by atoms with E-state index in [0.717, 1.165) is 6.07 Å². The summed E-state index contributed by atoms with van der Waals surface area (Å²) in [5.41, 5.74) is -1.28. The summed E-state index contributed by atoms with van der Waals surface area (Å²) in [5.74, 6) is -0.306. The molecular formula is C25H19Cl3F4N2O2. The van der Waals surface area contributed by atoms with Gasteiger partial charge in [0.1, 0.15) is 18.2 Å². The first-order chi connectivity index (χ1) is 17.1. The molecule has 11 heteroatoms. The van der Waals surface area contributed by atoms with Crippen molar-refractivity contribution in [3.05, 3.63) is 88.9 Å². The number of rotatable bonds is 8. The molecular weight excluding hydrogens is 543 g/mol. The Morgan fingerprint density at radius 3 is 2.08 bits per heavy atom. The van der Waals surface area contributed by atoms with E-state index < -0.39 is 29.8 Å². The predicted octanol–water partition coefficient (Wildman–Crippen LogP) is 7.21. The van der Waals surface area contributed by atoms with Crippen LogP contribution in [0.25, 0.3) is 16.6 Å². The van der Waals surface area contributed by atoms with Crippen LogP contribution >= 0.6 is 34.8 Å². The molecule has 0 spiro atoms. The third-order valence-electron chi connectivity index (χ3n) is 5.76. The average molecular weight is 562 g/mol. The van der Waals surface area contributed by atoms with Gasteiger partial charge in [0.15, 0.2) is 0 Å². The Balaban J connectivity index is 1.72. The summed E-state index contributed by atoms with van der Waals surface area (Å²) in [6, 6.07) is 12.5. The van der Waals surface area contributed by atoms with Crippen molar-refractivity contribution >= 4 is 45.7 Å². The van der Waals surface area contributed by atoms with Gasteiger partial charge in [0.25, 0.3) is 0 Å². The number of halogens is 7. The van der Waals surface area contributed by atoms with Crippen molar-refractivity contribution in [3.8, 4) is 11.4 Å². The molecule has 190 valence electrons. The number of aromatic nitrogens is 2. The van der Waals surface area contributed by atoms with Crippen LogP contribution in [0.2, 0.25) is 0 Å². The average Bonchev–Trinajstić information content (AvgIpc) is 3.29. The van der Waals surface area contributed by atoms with Crippen LogP contribution in [-0.2, 0) is 23.2 Å². The maximum absolute atomic E-state index is 14.2. The molecule has 1 aromatic heterocycles. The molecule has 4 rings (SSSR count). The number of hydrogen-bond donors (Lipinski definition) is 1. The van der Waals surface area contributed by atoms with E-state index in [2.05, 4.69) is 5.10 Å². The van der Waals surface area contributed by atoms with Gasteiger partial charge in [-0.2, -0.15) is 18.3 Å². The number of ether oxygens (including phenoxy) is 1. The smallest absolute Gasteiger partial charge is 0.424 e. The lowest BCUT2D eigenvalue weighted by Gasteiger charge is -2.31. The van der Waals surface area contributed by atoms with Gasteiger partial charge in [0, 0.05) is 22.4 Å². The minimum atomic E-state index is -5.08. The molecule has 36 heavy (non-hydrogen) atoms. The Hall–Kier alpha value is -2.52. The highest BCUT2D eigenvalue weighted by molar-refractivity contribution is 6.18. The summed E-state index contributed by atoms with van der Waals surface area (Å²) in [6.45, 7) is -1.14. The lowest BCUT2D eigenvalue weighted by atomic mass is 9.93. The lowest BCUT2D eigenvalue weighted by Crippen LogP contribution is -2.47. The molecule has 0 bridgehead atoms. The first-order valence-corrected chi connectivity index (χ1v) is 12.2. The first-order valence-electron chi connectivity index (χ1n) is 10.6. The fourth-order valence-electron chi connectivity index (χ4n) is 3.87. The van der Waals surface area contributed by atoms with Gasteiger partial charge >= 0.3 is 6.18 Å².